The van der Waals surface area contributed by atoms with Gasteiger partial charge in [0.25, 0.3) is 0 Å². The molecule has 0 bridgehead atoms. The summed E-state index contributed by atoms with van der Waals surface area (Å²) in [6, 6.07) is 6.82. The zero-order valence-electron chi connectivity index (χ0n) is 17.0. The van der Waals surface area contributed by atoms with Crippen molar-refractivity contribution >= 4 is 11.6 Å². The number of fused-ring (bicyclic) bond motifs is 1. The van der Waals surface area contributed by atoms with E-state index in [0.717, 1.165) is 35.9 Å². The summed E-state index contributed by atoms with van der Waals surface area (Å²) in [5, 5.41) is 7.18. The number of nitrogens with one attached hydrogen (secondary N) is 1. The Balaban J connectivity index is 1.59. The third-order valence-electron chi connectivity index (χ3n) is 6.44. The molecule has 1 aliphatic heterocycles. The number of anilines is 1. The van der Waals surface area contributed by atoms with Crippen molar-refractivity contribution in [3.8, 4) is 0 Å². The van der Waals surface area contributed by atoms with Crippen LogP contribution in [0.25, 0.3) is 0 Å². The number of rotatable bonds is 4. The van der Waals surface area contributed by atoms with Gasteiger partial charge in [-0.1, -0.05) is 75.3 Å². The Hall–Kier alpha value is -2.31. The molecule has 1 saturated carbocycles. The van der Waals surface area contributed by atoms with E-state index in [-0.39, 0.29) is 23.6 Å². The summed E-state index contributed by atoms with van der Waals surface area (Å²) in [7, 11) is 0. The Morgan fingerprint density at radius 1 is 1.07 bits per heavy atom. The first-order valence-electron chi connectivity index (χ1n) is 10.9. The van der Waals surface area contributed by atoms with Crippen molar-refractivity contribution < 1.29 is 18.0 Å². The minimum Gasteiger partial charge on any atom is -0.363 e. The van der Waals surface area contributed by atoms with Crippen LogP contribution >= 0.6 is 0 Å². The fourth-order valence-electron chi connectivity index (χ4n) is 4.79. The molecule has 1 aromatic carbocycles. The van der Waals surface area contributed by atoms with E-state index >= 15 is 0 Å². The van der Waals surface area contributed by atoms with Crippen LogP contribution in [-0.2, 0) is 0 Å². The summed E-state index contributed by atoms with van der Waals surface area (Å²) in [5.41, 5.74) is 1.06. The maximum atomic E-state index is 13.8. The van der Waals surface area contributed by atoms with Crippen molar-refractivity contribution in [2.24, 2.45) is 5.92 Å². The lowest BCUT2D eigenvalue weighted by Crippen LogP contribution is -2.36. The number of alkyl halides is 3. The Labute approximate surface area is 174 Å². The van der Waals surface area contributed by atoms with Gasteiger partial charge in [0.15, 0.2) is 11.8 Å². The van der Waals surface area contributed by atoms with Crippen LogP contribution < -0.4 is 5.32 Å². The van der Waals surface area contributed by atoms with Crippen molar-refractivity contribution in [1.82, 2.24) is 9.78 Å². The van der Waals surface area contributed by atoms with E-state index < -0.39 is 18.3 Å². The molecule has 0 amide bonds. The fraction of sp³-hybridized carbons (Fsp3) is 0.565. The zero-order chi connectivity index (χ0) is 21.1. The number of hydrogen-bond donors (Lipinski definition) is 1. The highest BCUT2D eigenvalue weighted by atomic mass is 19.4. The smallest absolute Gasteiger partial charge is 0.363 e. The van der Waals surface area contributed by atoms with Gasteiger partial charge in [0.2, 0.25) is 0 Å². The molecule has 0 spiro atoms. The third kappa shape index (κ3) is 4.55. The molecular formula is C23H28F3N3O. The van der Waals surface area contributed by atoms with Crippen molar-refractivity contribution in [2.45, 2.75) is 76.0 Å². The molecule has 2 heterocycles. The van der Waals surface area contributed by atoms with Crippen molar-refractivity contribution in [2.75, 3.05) is 5.32 Å². The zero-order valence-corrected chi connectivity index (χ0v) is 17.0. The van der Waals surface area contributed by atoms with Crippen LogP contribution in [0, 0.1) is 5.92 Å². The van der Waals surface area contributed by atoms with Gasteiger partial charge in [-0.2, -0.15) is 18.3 Å². The van der Waals surface area contributed by atoms with Gasteiger partial charge in [0.1, 0.15) is 5.82 Å². The van der Waals surface area contributed by atoms with E-state index in [0.29, 0.717) is 12.3 Å². The predicted molar refractivity (Wildman–Crippen MR) is 109 cm³/mol. The molecule has 2 unspecified atom stereocenters. The van der Waals surface area contributed by atoms with Gasteiger partial charge >= 0.3 is 6.18 Å². The first kappa shape index (κ1) is 20.9. The largest absolute Gasteiger partial charge is 0.410 e. The minimum atomic E-state index is -4.43. The van der Waals surface area contributed by atoms with E-state index in [1.807, 2.05) is 30.3 Å². The van der Waals surface area contributed by atoms with Gasteiger partial charge in [-0.05, 0) is 11.5 Å². The highest BCUT2D eigenvalue weighted by molar-refractivity contribution is 6.00. The Kier molecular flexibility index (Phi) is 6.16. The highest BCUT2D eigenvalue weighted by Gasteiger charge is 2.47. The average molecular weight is 419 g/mol. The lowest BCUT2D eigenvalue weighted by molar-refractivity contribution is -0.173. The first-order chi connectivity index (χ1) is 14.4. The monoisotopic (exact) mass is 419 g/mol. The Bertz CT molecular complexity index is 854. The summed E-state index contributed by atoms with van der Waals surface area (Å²) >= 11 is 0. The number of ketones is 1. The third-order valence-corrected chi connectivity index (χ3v) is 6.44. The Morgan fingerprint density at radius 2 is 1.73 bits per heavy atom. The maximum absolute atomic E-state index is 13.8. The van der Waals surface area contributed by atoms with Crippen LogP contribution in [0.5, 0.6) is 0 Å². The molecule has 1 aromatic heterocycles. The van der Waals surface area contributed by atoms with Crippen LogP contribution in [0.4, 0.5) is 19.0 Å². The van der Waals surface area contributed by atoms with Crippen molar-refractivity contribution in [1.29, 1.82) is 0 Å². The molecule has 4 nitrogen and oxygen atoms in total. The van der Waals surface area contributed by atoms with Gasteiger partial charge < -0.3 is 5.32 Å². The lowest BCUT2D eigenvalue weighted by atomic mass is 9.86. The first-order valence-corrected chi connectivity index (χ1v) is 10.9. The number of carbonyl (C=O) groups is 1. The normalized spacial score (nSPS) is 23.2. The number of benzene rings is 1. The average Bonchev–Trinajstić information content (AvgIpc) is 3.13. The summed E-state index contributed by atoms with van der Waals surface area (Å²) in [4.78, 5) is 13.1. The minimum absolute atomic E-state index is 0.107. The van der Waals surface area contributed by atoms with Crippen LogP contribution in [0.1, 0.15) is 85.8 Å². The topological polar surface area (TPSA) is 46.9 Å². The highest BCUT2D eigenvalue weighted by Crippen LogP contribution is 2.44. The predicted octanol–water partition coefficient (Wildman–Crippen LogP) is 6.48. The van der Waals surface area contributed by atoms with E-state index in [9.17, 15) is 18.0 Å². The van der Waals surface area contributed by atoms with Crippen molar-refractivity contribution in [3.05, 3.63) is 47.7 Å². The van der Waals surface area contributed by atoms with Gasteiger partial charge in [0.05, 0.1) is 17.8 Å². The van der Waals surface area contributed by atoms with E-state index in [1.165, 1.54) is 25.5 Å². The van der Waals surface area contributed by atoms with Gasteiger partial charge in [-0.15, -0.1) is 0 Å². The fourth-order valence-corrected chi connectivity index (χ4v) is 4.79. The number of aromatic nitrogens is 2. The SMILES string of the molecule is O=C(CC1CCCCCCC1)c1cnn2c1NC(c1ccccc1)CC2C(F)(F)F. The summed E-state index contributed by atoms with van der Waals surface area (Å²) in [5.74, 6) is 0.400. The van der Waals surface area contributed by atoms with Gasteiger partial charge in [0, 0.05) is 12.8 Å². The Morgan fingerprint density at radius 3 is 2.40 bits per heavy atom. The molecule has 4 rings (SSSR count). The molecule has 1 fully saturated rings. The van der Waals surface area contributed by atoms with Crippen LogP contribution in [0.2, 0.25) is 0 Å². The summed E-state index contributed by atoms with van der Waals surface area (Å²) < 4.78 is 42.4. The standard InChI is InChI=1S/C23H28F3N3O/c24-23(25,26)21-14-19(17-11-7-4-8-12-17)28-22-18(15-27-29(21)22)20(30)13-16-9-5-2-1-3-6-10-16/h4,7-8,11-12,15-16,19,21,28H,1-3,5-6,9-10,13-14H2. The molecule has 0 saturated heterocycles. The second-order valence-electron chi connectivity index (χ2n) is 8.59. The van der Waals surface area contributed by atoms with Gasteiger partial charge in [-0.3, -0.25) is 4.79 Å². The van der Waals surface area contributed by atoms with E-state index in [4.69, 9.17) is 0 Å². The molecule has 1 N–H and O–H groups in total. The number of carbonyl (C=O) groups excluding carboxylic acids is 1. The van der Waals surface area contributed by atoms with Crippen LogP contribution in [0.15, 0.2) is 36.5 Å². The molecule has 30 heavy (non-hydrogen) atoms. The molecule has 2 aromatic rings. The molecule has 2 aliphatic rings. The molecule has 2 atom stereocenters. The molecule has 7 heteroatoms. The maximum Gasteiger partial charge on any atom is 0.410 e. The van der Waals surface area contributed by atoms with Crippen LogP contribution in [0.3, 0.4) is 0 Å². The van der Waals surface area contributed by atoms with E-state index in [2.05, 4.69) is 10.4 Å². The molecule has 0 radical (unpaired) electrons. The van der Waals surface area contributed by atoms with Crippen molar-refractivity contribution in [3.63, 3.8) is 0 Å². The van der Waals surface area contributed by atoms with Gasteiger partial charge in [-0.25, -0.2) is 4.68 Å². The molecule has 1 aliphatic carbocycles. The number of halogens is 3. The summed E-state index contributed by atoms with van der Waals surface area (Å²) in [6.07, 6.45) is 5.02. The molecule has 162 valence electrons. The lowest BCUT2D eigenvalue weighted by Gasteiger charge is -2.34. The number of Topliss-reactive ketones (excluding diaryl/α,β-unsaturated/α-hetero) is 1. The summed E-state index contributed by atoms with van der Waals surface area (Å²) in [6.45, 7) is 0. The molecular weight excluding hydrogens is 391 g/mol. The van der Waals surface area contributed by atoms with E-state index in [1.54, 1.807) is 0 Å². The number of nitrogens with zero attached hydrogens (tertiary/aromatic N) is 2. The second-order valence-corrected chi connectivity index (χ2v) is 8.59. The number of hydrogen-bond acceptors (Lipinski definition) is 3. The van der Waals surface area contributed by atoms with Crippen LogP contribution in [-0.4, -0.2) is 21.7 Å². The second kappa shape index (κ2) is 8.82. The quantitative estimate of drug-likeness (QED) is 0.577.